The molecule has 22 heavy (non-hydrogen) atoms. The smallest absolute Gasteiger partial charge is 0.256 e. The molecule has 0 radical (unpaired) electrons. The van der Waals surface area contributed by atoms with Gasteiger partial charge in [0.2, 0.25) is 0 Å². The first-order valence-corrected chi connectivity index (χ1v) is 7.87. The fraction of sp³-hybridized carbons (Fsp3) is 0.222. The molecule has 2 aromatic rings. The molecule has 1 aliphatic rings. The topological polar surface area (TPSA) is 32.3 Å². The number of carbonyl (C=O) groups excluding carboxylic acids is 1. The van der Waals surface area contributed by atoms with Gasteiger partial charge in [0.15, 0.2) is 0 Å². The summed E-state index contributed by atoms with van der Waals surface area (Å²) in [6, 6.07) is 17.5. The van der Waals surface area contributed by atoms with Crippen molar-refractivity contribution >= 4 is 28.8 Å². The van der Waals surface area contributed by atoms with Gasteiger partial charge in [-0.25, -0.2) is 0 Å². The van der Waals surface area contributed by atoms with Crippen molar-refractivity contribution in [3.63, 3.8) is 0 Å². The van der Waals surface area contributed by atoms with Crippen LogP contribution >= 0.6 is 12.2 Å². The van der Waals surface area contributed by atoms with Gasteiger partial charge in [-0.1, -0.05) is 48.6 Å². The number of para-hydroxylation sites is 1. The monoisotopic (exact) mass is 310 g/mol. The van der Waals surface area contributed by atoms with Gasteiger partial charge in [-0.3, -0.25) is 4.79 Å². The van der Waals surface area contributed by atoms with Crippen molar-refractivity contribution in [2.45, 2.75) is 12.8 Å². The van der Waals surface area contributed by atoms with Crippen LogP contribution < -0.4 is 10.2 Å². The zero-order chi connectivity index (χ0) is 15.4. The summed E-state index contributed by atoms with van der Waals surface area (Å²) in [6.07, 6.45) is 2.22. The largest absolute Gasteiger partial charge is 0.365 e. The fourth-order valence-corrected chi connectivity index (χ4v) is 3.03. The van der Waals surface area contributed by atoms with E-state index in [-0.39, 0.29) is 5.91 Å². The third-order valence-electron chi connectivity index (χ3n) is 3.83. The van der Waals surface area contributed by atoms with Gasteiger partial charge in [0.1, 0.15) is 4.99 Å². The Hall–Kier alpha value is -2.20. The quantitative estimate of drug-likeness (QED) is 0.884. The van der Waals surface area contributed by atoms with Crippen molar-refractivity contribution in [1.29, 1.82) is 0 Å². The van der Waals surface area contributed by atoms with Crippen LogP contribution in [-0.2, 0) is 6.42 Å². The summed E-state index contributed by atoms with van der Waals surface area (Å²) in [5.41, 5.74) is 3.21. The molecule has 0 spiro atoms. The Labute approximate surface area is 136 Å². The Morgan fingerprint density at radius 1 is 1.09 bits per heavy atom. The number of hydrogen-bond donors (Lipinski definition) is 1. The van der Waals surface area contributed by atoms with E-state index < -0.39 is 0 Å². The second-order valence-electron chi connectivity index (χ2n) is 5.40. The average Bonchev–Trinajstić information content (AvgIpc) is 2.56. The highest BCUT2D eigenvalue weighted by Crippen LogP contribution is 2.26. The number of hydrogen-bond acceptors (Lipinski definition) is 3. The van der Waals surface area contributed by atoms with E-state index >= 15 is 0 Å². The maximum absolute atomic E-state index is 12.1. The fourth-order valence-electron chi connectivity index (χ4n) is 2.78. The van der Waals surface area contributed by atoms with E-state index in [2.05, 4.69) is 28.4 Å². The predicted octanol–water partition coefficient (Wildman–Crippen LogP) is 3.20. The minimum atomic E-state index is -0.143. The van der Waals surface area contributed by atoms with E-state index in [1.807, 2.05) is 24.3 Å². The van der Waals surface area contributed by atoms with Crippen LogP contribution in [-0.4, -0.2) is 24.0 Å². The number of thiocarbonyl (C=S) groups is 1. The molecule has 0 fully saturated rings. The summed E-state index contributed by atoms with van der Waals surface area (Å²) in [5.74, 6) is -0.143. The normalized spacial score (nSPS) is 13.4. The highest BCUT2D eigenvalue weighted by atomic mass is 32.1. The molecule has 0 bridgehead atoms. The minimum Gasteiger partial charge on any atom is -0.365 e. The number of aryl methyl sites for hydroxylation is 1. The van der Waals surface area contributed by atoms with Crippen LogP contribution in [0.2, 0.25) is 0 Å². The molecule has 112 valence electrons. The lowest BCUT2D eigenvalue weighted by atomic mass is 10.0. The lowest BCUT2D eigenvalue weighted by Crippen LogP contribution is -2.41. The molecule has 4 heteroatoms. The number of carbonyl (C=O) groups is 1. The molecule has 0 unspecified atom stereocenters. The highest BCUT2D eigenvalue weighted by Gasteiger charge is 2.18. The number of fused-ring (bicyclic) bond motifs is 1. The molecule has 0 atom stereocenters. The van der Waals surface area contributed by atoms with E-state index in [0.29, 0.717) is 17.1 Å². The lowest BCUT2D eigenvalue weighted by molar-refractivity contribution is 0.0977. The van der Waals surface area contributed by atoms with Crippen molar-refractivity contribution in [2.75, 3.05) is 18.0 Å². The zero-order valence-corrected chi connectivity index (χ0v) is 13.1. The number of benzene rings is 2. The number of nitrogens with one attached hydrogen (secondary N) is 1. The van der Waals surface area contributed by atoms with Crippen LogP contribution in [0.25, 0.3) is 0 Å². The molecule has 0 saturated heterocycles. The Morgan fingerprint density at radius 2 is 1.82 bits per heavy atom. The van der Waals surface area contributed by atoms with Crippen LogP contribution in [0.5, 0.6) is 0 Å². The number of nitrogens with zero attached hydrogens (tertiary/aromatic N) is 1. The molecule has 1 aliphatic heterocycles. The molecule has 3 nitrogen and oxygen atoms in total. The van der Waals surface area contributed by atoms with Crippen LogP contribution in [0.3, 0.4) is 0 Å². The standard InChI is InChI=1S/C18H18N2OS/c21-18(15-8-2-1-3-9-15)19-17(22)13-20-12-6-10-14-7-4-5-11-16(14)20/h1-5,7-9,11H,6,10,12-13H2,(H,19,21,22). The van der Waals surface area contributed by atoms with Gasteiger partial charge in [-0.05, 0) is 36.6 Å². The van der Waals surface area contributed by atoms with Crippen LogP contribution in [0, 0.1) is 0 Å². The molecular weight excluding hydrogens is 292 g/mol. The first-order chi connectivity index (χ1) is 10.7. The SMILES string of the molecule is O=C(NC(=S)CN1CCCc2ccccc21)c1ccccc1. The molecule has 1 amide bonds. The molecule has 1 N–H and O–H groups in total. The first-order valence-electron chi connectivity index (χ1n) is 7.46. The van der Waals surface area contributed by atoms with Crippen LogP contribution in [0.15, 0.2) is 54.6 Å². The van der Waals surface area contributed by atoms with Gasteiger partial charge in [0, 0.05) is 17.8 Å². The second-order valence-corrected chi connectivity index (χ2v) is 5.89. The van der Waals surface area contributed by atoms with Crippen molar-refractivity contribution in [2.24, 2.45) is 0 Å². The Bertz CT molecular complexity index is 684. The van der Waals surface area contributed by atoms with Crippen molar-refractivity contribution < 1.29 is 4.79 Å². The molecule has 0 aromatic heterocycles. The molecule has 2 aromatic carbocycles. The highest BCUT2D eigenvalue weighted by molar-refractivity contribution is 7.80. The number of anilines is 1. The number of amides is 1. The predicted molar refractivity (Wildman–Crippen MR) is 93.5 cm³/mol. The number of rotatable bonds is 3. The van der Waals surface area contributed by atoms with E-state index in [1.54, 1.807) is 12.1 Å². The van der Waals surface area contributed by atoms with Crippen LogP contribution in [0.1, 0.15) is 22.3 Å². The van der Waals surface area contributed by atoms with Gasteiger partial charge < -0.3 is 10.2 Å². The van der Waals surface area contributed by atoms with Crippen molar-refractivity contribution in [3.05, 3.63) is 65.7 Å². The third kappa shape index (κ3) is 3.34. The van der Waals surface area contributed by atoms with Crippen LogP contribution in [0.4, 0.5) is 5.69 Å². The summed E-state index contributed by atoms with van der Waals surface area (Å²) < 4.78 is 0. The van der Waals surface area contributed by atoms with Gasteiger partial charge in [0.25, 0.3) is 5.91 Å². The van der Waals surface area contributed by atoms with E-state index in [9.17, 15) is 4.79 Å². The average molecular weight is 310 g/mol. The summed E-state index contributed by atoms with van der Waals surface area (Å²) in [5, 5.41) is 2.83. The van der Waals surface area contributed by atoms with Gasteiger partial charge >= 0.3 is 0 Å². The van der Waals surface area contributed by atoms with E-state index in [4.69, 9.17) is 12.2 Å². The van der Waals surface area contributed by atoms with Gasteiger partial charge in [0.05, 0.1) is 6.54 Å². The Kier molecular flexibility index (Phi) is 4.49. The lowest BCUT2D eigenvalue weighted by Gasteiger charge is -2.31. The summed E-state index contributed by atoms with van der Waals surface area (Å²) in [6.45, 7) is 1.54. The van der Waals surface area contributed by atoms with Crippen molar-refractivity contribution in [3.8, 4) is 0 Å². The summed E-state index contributed by atoms with van der Waals surface area (Å²) >= 11 is 5.37. The first kappa shape index (κ1) is 14.7. The molecule has 1 heterocycles. The zero-order valence-electron chi connectivity index (χ0n) is 12.3. The molecular formula is C18H18N2OS. The maximum atomic E-state index is 12.1. The maximum Gasteiger partial charge on any atom is 0.256 e. The van der Waals surface area contributed by atoms with E-state index in [1.165, 1.54) is 11.3 Å². The molecule has 3 rings (SSSR count). The summed E-state index contributed by atoms with van der Waals surface area (Å²) in [4.78, 5) is 14.9. The minimum absolute atomic E-state index is 0.143. The Morgan fingerprint density at radius 3 is 2.64 bits per heavy atom. The Balaban J connectivity index is 1.65. The second kappa shape index (κ2) is 6.71. The third-order valence-corrected chi connectivity index (χ3v) is 4.06. The van der Waals surface area contributed by atoms with Gasteiger partial charge in [-0.15, -0.1) is 0 Å². The van der Waals surface area contributed by atoms with Gasteiger partial charge in [-0.2, -0.15) is 0 Å². The summed E-state index contributed by atoms with van der Waals surface area (Å²) in [7, 11) is 0. The molecule has 0 aliphatic carbocycles. The van der Waals surface area contributed by atoms with Crippen molar-refractivity contribution in [1.82, 2.24) is 5.32 Å². The molecule has 0 saturated carbocycles. The van der Waals surface area contributed by atoms with E-state index in [0.717, 1.165) is 19.4 Å².